The van der Waals surface area contributed by atoms with Crippen LogP contribution in [0.25, 0.3) is 11.6 Å². The zero-order chi connectivity index (χ0) is 15.5. The van der Waals surface area contributed by atoms with Crippen molar-refractivity contribution in [2.24, 2.45) is 0 Å². The standard InChI is InChI=1S/C18H16O4/c1-12-3-2-4-14(9-12)15(18(19)20)10-13-5-6-16-17(11-13)22-8-7-21-16/h2-6,9-11H,7-8H2,1H3,(H,19,20)/b15-10+. The maximum atomic E-state index is 11.6. The summed E-state index contributed by atoms with van der Waals surface area (Å²) in [6.45, 7) is 2.97. The highest BCUT2D eigenvalue weighted by atomic mass is 16.6. The largest absolute Gasteiger partial charge is 0.486 e. The molecule has 0 spiro atoms. The van der Waals surface area contributed by atoms with E-state index in [2.05, 4.69) is 0 Å². The summed E-state index contributed by atoms with van der Waals surface area (Å²) in [5, 5.41) is 9.49. The number of carboxylic acid groups (broad SMARTS) is 1. The second-order valence-electron chi connectivity index (χ2n) is 5.14. The number of rotatable bonds is 3. The third-order valence-electron chi connectivity index (χ3n) is 3.44. The number of carbonyl (C=O) groups is 1. The van der Waals surface area contributed by atoms with Gasteiger partial charge in [0.2, 0.25) is 0 Å². The highest BCUT2D eigenvalue weighted by Gasteiger charge is 2.14. The third kappa shape index (κ3) is 2.96. The Kier molecular flexibility index (Phi) is 3.83. The van der Waals surface area contributed by atoms with E-state index in [0.717, 1.165) is 11.1 Å². The van der Waals surface area contributed by atoms with Crippen LogP contribution in [-0.4, -0.2) is 24.3 Å². The molecule has 2 aromatic rings. The minimum absolute atomic E-state index is 0.250. The summed E-state index contributed by atoms with van der Waals surface area (Å²) in [4.78, 5) is 11.6. The molecule has 0 radical (unpaired) electrons. The van der Waals surface area contributed by atoms with Crippen LogP contribution in [0.15, 0.2) is 42.5 Å². The summed E-state index contributed by atoms with van der Waals surface area (Å²) in [7, 11) is 0. The smallest absolute Gasteiger partial charge is 0.336 e. The fourth-order valence-corrected chi connectivity index (χ4v) is 2.40. The molecule has 0 unspecified atom stereocenters. The normalized spacial score (nSPS) is 13.8. The average Bonchev–Trinajstić information content (AvgIpc) is 2.52. The summed E-state index contributed by atoms with van der Waals surface area (Å²) >= 11 is 0. The molecule has 0 aromatic heterocycles. The van der Waals surface area contributed by atoms with Gasteiger partial charge >= 0.3 is 5.97 Å². The second-order valence-corrected chi connectivity index (χ2v) is 5.14. The van der Waals surface area contributed by atoms with Gasteiger partial charge in [-0.3, -0.25) is 0 Å². The minimum Gasteiger partial charge on any atom is -0.486 e. The summed E-state index contributed by atoms with van der Waals surface area (Å²) in [5.74, 6) is 0.380. The lowest BCUT2D eigenvalue weighted by Gasteiger charge is -2.18. The van der Waals surface area contributed by atoms with Crippen LogP contribution < -0.4 is 9.47 Å². The molecule has 112 valence electrons. The first-order valence-electron chi connectivity index (χ1n) is 7.05. The van der Waals surface area contributed by atoms with E-state index >= 15 is 0 Å². The molecule has 0 saturated heterocycles. The molecular formula is C18H16O4. The van der Waals surface area contributed by atoms with E-state index in [4.69, 9.17) is 9.47 Å². The summed E-state index contributed by atoms with van der Waals surface area (Å²) < 4.78 is 11.0. The van der Waals surface area contributed by atoms with Gasteiger partial charge in [-0.15, -0.1) is 0 Å². The molecule has 0 aliphatic carbocycles. The topological polar surface area (TPSA) is 55.8 Å². The Morgan fingerprint density at radius 2 is 1.86 bits per heavy atom. The van der Waals surface area contributed by atoms with Gasteiger partial charge in [0, 0.05) is 0 Å². The Hall–Kier alpha value is -2.75. The Morgan fingerprint density at radius 3 is 2.59 bits per heavy atom. The van der Waals surface area contributed by atoms with Crippen molar-refractivity contribution in [2.45, 2.75) is 6.92 Å². The summed E-state index contributed by atoms with van der Waals surface area (Å²) in [6.07, 6.45) is 1.65. The van der Waals surface area contributed by atoms with Crippen molar-refractivity contribution in [3.63, 3.8) is 0 Å². The number of carboxylic acids is 1. The van der Waals surface area contributed by atoms with Gasteiger partial charge in [-0.05, 0) is 36.3 Å². The number of ether oxygens (including phenoxy) is 2. The van der Waals surface area contributed by atoms with Crippen LogP contribution in [0.2, 0.25) is 0 Å². The predicted octanol–water partition coefficient (Wildman–Crippen LogP) is 3.39. The van der Waals surface area contributed by atoms with Crippen molar-refractivity contribution < 1.29 is 19.4 Å². The molecule has 1 N–H and O–H groups in total. The highest BCUT2D eigenvalue weighted by Crippen LogP contribution is 2.32. The van der Waals surface area contributed by atoms with Crippen molar-refractivity contribution in [3.05, 3.63) is 59.2 Å². The lowest BCUT2D eigenvalue weighted by atomic mass is 10.0. The summed E-state index contributed by atoms with van der Waals surface area (Å²) in [5.41, 5.74) is 2.72. The van der Waals surface area contributed by atoms with E-state index in [1.54, 1.807) is 24.3 Å². The molecule has 0 fully saturated rings. The zero-order valence-corrected chi connectivity index (χ0v) is 12.2. The SMILES string of the molecule is Cc1cccc(/C(=C\c2ccc3c(c2)OCCO3)C(=O)O)c1. The molecule has 0 atom stereocenters. The number of aliphatic carboxylic acids is 1. The number of hydrogen-bond acceptors (Lipinski definition) is 3. The highest BCUT2D eigenvalue weighted by molar-refractivity contribution is 6.20. The maximum absolute atomic E-state index is 11.6. The molecule has 4 heteroatoms. The molecule has 1 aliphatic rings. The molecule has 1 aliphatic heterocycles. The first-order chi connectivity index (χ1) is 10.6. The van der Waals surface area contributed by atoms with Crippen molar-refractivity contribution in [1.29, 1.82) is 0 Å². The summed E-state index contributed by atoms with van der Waals surface area (Å²) in [6, 6.07) is 12.9. The second kappa shape index (κ2) is 5.93. The van der Waals surface area contributed by atoms with Gasteiger partial charge in [-0.2, -0.15) is 0 Å². The van der Waals surface area contributed by atoms with Crippen molar-refractivity contribution in [2.75, 3.05) is 13.2 Å². The van der Waals surface area contributed by atoms with E-state index < -0.39 is 5.97 Å². The molecule has 2 aromatic carbocycles. The van der Waals surface area contributed by atoms with E-state index in [1.165, 1.54) is 0 Å². The van der Waals surface area contributed by atoms with Gasteiger partial charge in [-0.25, -0.2) is 4.79 Å². The number of fused-ring (bicyclic) bond motifs is 1. The van der Waals surface area contributed by atoms with Crippen molar-refractivity contribution in [3.8, 4) is 11.5 Å². The quantitative estimate of drug-likeness (QED) is 0.697. The van der Waals surface area contributed by atoms with Crippen LogP contribution in [-0.2, 0) is 4.79 Å². The van der Waals surface area contributed by atoms with Crippen LogP contribution in [0.3, 0.4) is 0 Å². The molecule has 3 rings (SSSR count). The number of hydrogen-bond donors (Lipinski definition) is 1. The molecular weight excluding hydrogens is 280 g/mol. The van der Waals surface area contributed by atoms with E-state index in [0.29, 0.717) is 30.3 Å². The first kappa shape index (κ1) is 14.2. The molecule has 0 amide bonds. The predicted molar refractivity (Wildman–Crippen MR) is 84.1 cm³/mol. The zero-order valence-electron chi connectivity index (χ0n) is 12.2. The van der Waals surface area contributed by atoms with Crippen molar-refractivity contribution in [1.82, 2.24) is 0 Å². The van der Waals surface area contributed by atoms with Gasteiger partial charge in [0.1, 0.15) is 13.2 Å². The average molecular weight is 296 g/mol. The van der Waals surface area contributed by atoms with Gasteiger partial charge in [0.15, 0.2) is 11.5 Å². The minimum atomic E-state index is -0.958. The van der Waals surface area contributed by atoms with Crippen LogP contribution >= 0.6 is 0 Å². The lowest BCUT2D eigenvalue weighted by Crippen LogP contribution is -2.15. The Bertz CT molecular complexity index is 747. The van der Waals surface area contributed by atoms with E-state index in [-0.39, 0.29) is 5.57 Å². The Labute approximate surface area is 128 Å². The van der Waals surface area contributed by atoms with Crippen LogP contribution in [0.1, 0.15) is 16.7 Å². The van der Waals surface area contributed by atoms with Gasteiger partial charge in [0.25, 0.3) is 0 Å². The van der Waals surface area contributed by atoms with E-state index in [9.17, 15) is 9.90 Å². The molecule has 0 saturated carbocycles. The van der Waals surface area contributed by atoms with Crippen LogP contribution in [0.4, 0.5) is 0 Å². The van der Waals surface area contributed by atoms with Gasteiger partial charge < -0.3 is 14.6 Å². The number of benzene rings is 2. The number of aryl methyl sites for hydroxylation is 1. The molecule has 1 heterocycles. The fourth-order valence-electron chi connectivity index (χ4n) is 2.40. The Morgan fingerprint density at radius 1 is 1.09 bits per heavy atom. The first-order valence-corrected chi connectivity index (χ1v) is 7.05. The Balaban J connectivity index is 2.01. The van der Waals surface area contributed by atoms with Gasteiger partial charge in [0.05, 0.1) is 5.57 Å². The molecule has 0 bridgehead atoms. The lowest BCUT2D eigenvalue weighted by molar-refractivity contribution is -0.130. The van der Waals surface area contributed by atoms with Crippen molar-refractivity contribution >= 4 is 17.6 Å². The molecule has 22 heavy (non-hydrogen) atoms. The van der Waals surface area contributed by atoms with E-state index in [1.807, 2.05) is 31.2 Å². The fraction of sp³-hybridized carbons (Fsp3) is 0.167. The monoisotopic (exact) mass is 296 g/mol. The van der Waals surface area contributed by atoms with Gasteiger partial charge in [-0.1, -0.05) is 35.9 Å². The van der Waals surface area contributed by atoms with Crippen LogP contribution in [0, 0.1) is 6.92 Å². The maximum Gasteiger partial charge on any atom is 0.336 e. The molecule has 4 nitrogen and oxygen atoms in total. The third-order valence-corrected chi connectivity index (χ3v) is 3.44. The van der Waals surface area contributed by atoms with Crippen LogP contribution in [0.5, 0.6) is 11.5 Å².